The van der Waals surface area contributed by atoms with E-state index in [0.29, 0.717) is 23.7 Å². The van der Waals surface area contributed by atoms with E-state index in [4.69, 9.17) is 4.74 Å². The van der Waals surface area contributed by atoms with Gasteiger partial charge >= 0.3 is 6.09 Å². The van der Waals surface area contributed by atoms with Gasteiger partial charge in [0.1, 0.15) is 11.5 Å². The van der Waals surface area contributed by atoms with Crippen molar-refractivity contribution in [1.82, 2.24) is 9.80 Å². The SMILES string of the molecule is CCCCN(C(=O)O)C1CCN(Cc2ccc(Oc3ccc(NS(C)(=O)=O)cc3)cc2)CC1.Cl. The number of benzene rings is 2. The molecule has 0 unspecified atom stereocenters. The molecule has 0 radical (unpaired) electrons. The number of likely N-dealkylation sites (tertiary alicyclic amines) is 1. The first-order valence-corrected chi connectivity index (χ1v) is 13.2. The zero-order valence-electron chi connectivity index (χ0n) is 19.6. The highest BCUT2D eigenvalue weighted by atomic mass is 35.5. The lowest BCUT2D eigenvalue weighted by atomic mass is 10.0. The first-order chi connectivity index (χ1) is 15.7. The Labute approximate surface area is 208 Å². The van der Waals surface area contributed by atoms with Crippen LogP contribution in [0.1, 0.15) is 38.2 Å². The molecule has 34 heavy (non-hydrogen) atoms. The number of amides is 1. The Morgan fingerprint density at radius 3 is 2.15 bits per heavy atom. The summed E-state index contributed by atoms with van der Waals surface area (Å²) in [6, 6.07) is 14.8. The van der Waals surface area contributed by atoms with Gasteiger partial charge in [-0.2, -0.15) is 0 Å². The standard InChI is InChI=1S/C24H33N3O5S.ClH/c1-3-4-15-27(24(28)29)21-13-16-26(17-14-21)18-19-5-9-22(10-6-19)32-23-11-7-20(8-12-23)25-33(2,30)31;/h5-12,21,25H,3-4,13-18H2,1-2H3,(H,28,29);1H. The third kappa shape index (κ3) is 8.70. The van der Waals surface area contributed by atoms with Crippen molar-refractivity contribution in [2.75, 3.05) is 30.6 Å². The molecule has 0 aliphatic carbocycles. The van der Waals surface area contributed by atoms with Crippen LogP contribution >= 0.6 is 12.4 Å². The van der Waals surface area contributed by atoms with Gasteiger partial charge in [0.05, 0.1) is 6.26 Å². The maximum atomic E-state index is 11.6. The third-order valence-electron chi connectivity index (χ3n) is 5.72. The van der Waals surface area contributed by atoms with Gasteiger partial charge in [0, 0.05) is 37.9 Å². The minimum absolute atomic E-state index is 0. The summed E-state index contributed by atoms with van der Waals surface area (Å²) in [6.07, 6.45) is 3.93. The molecule has 188 valence electrons. The summed E-state index contributed by atoms with van der Waals surface area (Å²) in [5.41, 5.74) is 1.66. The van der Waals surface area contributed by atoms with E-state index in [-0.39, 0.29) is 18.4 Å². The number of piperidine rings is 1. The van der Waals surface area contributed by atoms with Crippen molar-refractivity contribution in [2.45, 2.75) is 45.2 Å². The second kappa shape index (κ2) is 12.8. The number of nitrogens with zero attached hydrogens (tertiary/aromatic N) is 2. The van der Waals surface area contributed by atoms with E-state index >= 15 is 0 Å². The van der Waals surface area contributed by atoms with Gasteiger partial charge in [-0.1, -0.05) is 25.5 Å². The fourth-order valence-electron chi connectivity index (χ4n) is 4.01. The third-order valence-corrected chi connectivity index (χ3v) is 6.33. The molecule has 2 N–H and O–H groups in total. The molecule has 0 saturated carbocycles. The number of nitrogens with one attached hydrogen (secondary N) is 1. The van der Waals surface area contributed by atoms with Crippen molar-refractivity contribution >= 4 is 34.2 Å². The average Bonchev–Trinajstić information content (AvgIpc) is 2.77. The van der Waals surface area contributed by atoms with Crippen LogP contribution in [0.2, 0.25) is 0 Å². The van der Waals surface area contributed by atoms with E-state index in [1.807, 2.05) is 24.3 Å². The number of hydrogen-bond donors (Lipinski definition) is 2. The number of hydrogen-bond acceptors (Lipinski definition) is 5. The number of sulfonamides is 1. The lowest BCUT2D eigenvalue weighted by Crippen LogP contribution is -2.47. The molecule has 2 aromatic carbocycles. The number of anilines is 1. The quantitative estimate of drug-likeness (QED) is 0.465. The maximum absolute atomic E-state index is 11.6. The van der Waals surface area contributed by atoms with E-state index in [1.54, 1.807) is 29.2 Å². The Morgan fingerprint density at radius 2 is 1.65 bits per heavy atom. The molecule has 8 nitrogen and oxygen atoms in total. The Morgan fingerprint density at radius 1 is 1.09 bits per heavy atom. The summed E-state index contributed by atoms with van der Waals surface area (Å²) < 4.78 is 30.9. The summed E-state index contributed by atoms with van der Waals surface area (Å²) in [4.78, 5) is 15.6. The van der Waals surface area contributed by atoms with Gasteiger partial charge < -0.3 is 14.7 Å². The van der Waals surface area contributed by atoms with Crippen LogP contribution in [0.15, 0.2) is 48.5 Å². The molecular formula is C24H34ClN3O5S. The summed E-state index contributed by atoms with van der Waals surface area (Å²) in [5.74, 6) is 1.32. The predicted octanol–water partition coefficient (Wildman–Crippen LogP) is 5.02. The zero-order chi connectivity index (χ0) is 23.8. The number of ether oxygens (including phenoxy) is 1. The highest BCUT2D eigenvalue weighted by molar-refractivity contribution is 7.92. The predicted molar refractivity (Wildman–Crippen MR) is 137 cm³/mol. The molecule has 1 aliphatic heterocycles. The normalized spacial score (nSPS) is 14.8. The van der Waals surface area contributed by atoms with Gasteiger partial charge in [0.15, 0.2) is 0 Å². The van der Waals surface area contributed by atoms with Crippen molar-refractivity contribution in [1.29, 1.82) is 0 Å². The van der Waals surface area contributed by atoms with Gasteiger partial charge in [0.2, 0.25) is 10.0 Å². The lowest BCUT2D eigenvalue weighted by molar-refractivity contribution is 0.0879. The molecule has 1 fully saturated rings. The fourth-order valence-corrected chi connectivity index (χ4v) is 4.58. The second-order valence-corrected chi connectivity index (χ2v) is 10.2. The highest BCUT2D eigenvalue weighted by Gasteiger charge is 2.27. The molecule has 1 amide bonds. The van der Waals surface area contributed by atoms with Crippen LogP contribution in [-0.2, 0) is 16.6 Å². The monoisotopic (exact) mass is 511 g/mol. The van der Waals surface area contributed by atoms with Gasteiger partial charge in [0.25, 0.3) is 0 Å². The number of carbonyl (C=O) groups is 1. The largest absolute Gasteiger partial charge is 0.465 e. The Kier molecular flexibility index (Phi) is 10.5. The van der Waals surface area contributed by atoms with E-state index in [1.165, 1.54) is 5.56 Å². The maximum Gasteiger partial charge on any atom is 0.407 e. The molecule has 1 heterocycles. The van der Waals surface area contributed by atoms with Crippen molar-refractivity contribution in [3.8, 4) is 11.5 Å². The van der Waals surface area contributed by atoms with E-state index in [2.05, 4.69) is 16.5 Å². The summed E-state index contributed by atoms with van der Waals surface area (Å²) in [7, 11) is -3.30. The Hall–Kier alpha value is -2.49. The molecule has 1 saturated heterocycles. The number of carboxylic acid groups (broad SMARTS) is 1. The molecule has 3 rings (SSSR count). The minimum Gasteiger partial charge on any atom is -0.465 e. The van der Waals surface area contributed by atoms with Crippen LogP contribution in [0.3, 0.4) is 0 Å². The summed E-state index contributed by atoms with van der Waals surface area (Å²) in [5, 5.41) is 9.52. The van der Waals surface area contributed by atoms with Gasteiger partial charge in [-0.3, -0.25) is 9.62 Å². The summed E-state index contributed by atoms with van der Waals surface area (Å²) in [6.45, 7) is 5.28. The van der Waals surface area contributed by atoms with Crippen molar-refractivity contribution in [3.63, 3.8) is 0 Å². The van der Waals surface area contributed by atoms with Crippen LogP contribution < -0.4 is 9.46 Å². The zero-order valence-corrected chi connectivity index (χ0v) is 21.3. The van der Waals surface area contributed by atoms with E-state index < -0.39 is 16.1 Å². The fraction of sp³-hybridized carbons (Fsp3) is 0.458. The van der Waals surface area contributed by atoms with E-state index in [9.17, 15) is 18.3 Å². The van der Waals surface area contributed by atoms with Gasteiger partial charge in [-0.15, -0.1) is 12.4 Å². The molecule has 2 aromatic rings. The Bertz CT molecular complexity index is 1010. The van der Waals surface area contributed by atoms with Crippen molar-refractivity contribution in [2.24, 2.45) is 0 Å². The van der Waals surface area contributed by atoms with Crippen LogP contribution in [0.5, 0.6) is 11.5 Å². The molecule has 0 atom stereocenters. The van der Waals surface area contributed by atoms with Gasteiger partial charge in [-0.25, -0.2) is 13.2 Å². The molecular weight excluding hydrogens is 478 g/mol. The molecule has 0 spiro atoms. The van der Waals surface area contributed by atoms with Crippen LogP contribution in [0, 0.1) is 0 Å². The van der Waals surface area contributed by atoms with Crippen molar-refractivity contribution < 1.29 is 23.1 Å². The van der Waals surface area contributed by atoms with Crippen LogP contribution in [0.25, 0.3) is 0 Å². The molecule has 0 bridgehead atoms. The number of rotatable bonds is 10. The topological polar surface area (TPSA) is 99.2 Å². The Balaban J connectivity index is 0.00000408. The van der Waals surface area contributed by atoms with Crippen molar-refractivity contribution in [3.05, 3.63) is 54.1 Å². The molecule has 1 aliphatic rings. The van der Waals surface area contributed by atoms with E-state index in [0.717, 1.165) is 51.6 Å². The van der Waals surface area contributed by atoms with Gasteiger partial charge in [-0.05, 0) is 61.2 Å². The molecule has 0 aromatic heterocycles. The smallest absolute Gasteiger partial charge is 0.407 e. The first kappa shape index (κ1) is 27.8. The number of unbranched alkanes of at least 4 members (excludes halogenated alkanes) is 1. The minimum atomic E-state index is -3.30. The van der Waals surface area contributed by atoms with Crippen LogP contribution in [0.4, 0.5) is 10.5 Å². The molecule has 10 heteroatoms. The first-order valence-electron chi connectivity index (χ1n) is 11.3. The lowest BCUT2D eigenvalue weighted by Gasteiger charge is -2.37. The number of halogens is 1. The second-order valence-electron chi connectivity index (χ2n) is 8.48. The average molecular weight is 512 g/mol. The van der Waals surface area contributed by atoms with Crippen LogP contribution in [-0.4, -0.2) is 61.3 Å². The highest BCUT2D eigenvalue weighted by Crippen LogP contribution is 2.25. The summed E-state index contributed by atoms with van der Waals surface area (Å²) >= 11 is 0.